The number of aliphatic hydroxyl groups excluding tert-OH is 1. The Morgan fingerprint density at radius 1 is 1.29 bits per heavy atom. The Bertz CT molecular complexity index is 476. The van der Waals surface area contributed by atoms with Gasteiger partial charge in [0.2, 0.25) is 0 Å². The van der Waals surface area contributed by atoms with Crippen LogP contribution in [0.25, 0.3) is 11.3 Å². The van der Waals surface area contributed by atoms with Gasteiger partial charge in [-0.2, -0.15) is 15.4 Å². The van der Waals surface area contributed by atoms with Crippen LogP contribution in [0, 0.1) is 6.92 Å². The number of hydrogen-bond acceptors (Lipinski definition) is 4. The molecule has 1 heterocycles. The lowest BCUT2D eigenvalue weighted by molar-refractivity contribution is 0.154. The highest BCUT2D eigenvalue weighted by atomic mass is 16.3. The van der Waals surface area contributed by atoms with Gasteiger partial charge in [-0.15, -0.1) is 0 Å². The van der Waals surface area contributed by atoms with E-state index in [1.807, 2.05) is 31.2 Å². The van der Waals surface area contributed by atoms with E-state index in [-0.39, 0.29) is 0 Å². The quantitative estimate of drug-likeness (QED) is 0.693. The first-order valence-corrected chi connectivity index (χ1v) is 5.55. The van der Waals surface area contributed by atoms with Crippen molar-refractivity contribution in [1.82, 2.24) is 20.7 Å². The summed E-state index contributed by atoms with van der Waals surface area (Å²) in [6, 6.07) is 8.10. The predicted molar refractivity (Wildman–Crippen MR) is 65.1 cm³/mol. The molecule has 1 atom stereocenters. The van der Waals surface area contributed by atoms with Crippen LogP contribution in [-0.4, -0.2) is 26.7 Å². The summed E-state index contributed by atoms with van der Waals surface area (Å²) >= 11 is 0. The summed E-state index contributed by atoms with van der Waals surface area (Å²) in [6.07, 6.45) is -0.558. The number of aryl methyl sites for hydroxylation is 1. The van der Waals surface area contributed by atoms with Gasteiger partial charge in [0.1, 0.15) is 17.6 Å². The number of rotatable bonds is 4. The molecule has 3 N–H and O–H groups in total. The summed E-state index contributed by atoms with van der Waals surface area (Å²) in [6.45, 7) is 4.20. The van der Waals surface area contributed by atoms with Crippen molar-refractivity contribution >= 4 is 0 Å². The molecule has 0 spiro atoms. The van der Waals surface area contributed by atoms with Gasteiger partial charge in [0.15, 0.2) is 0 Å². The predicted octanol–water partition coefficient (Wildman–Crippen LogP) is 1.21. The molecule has 0 aliphatic carbocycles. The maximum Gasteiger partial charge on any atom is 0.117 e. The average molecular weight is 232 g/mol. The molecule has 1 aromatic heterocycles. The van der Waals surface area contributed by atoms with Crippen molar-refractivity contribution in [3.8, 4) is 11.3 Å². The number of nitrogens with one attached hydrogen (secondary N) is 2. The molecule has 1 unspecified atom stereocenters. The molecule has 17 heavy (non-hydrogen) atoms. The number of aromatic nitrogens is 3. The van der Waals surface area contributed by atoms with Crippen molar-refractivity contribution in [3.63, 3.8) is 0 Å². The number of H-pyrrole nitrogens is 1. The molecule has 0 amide bonds. The van der Waals surface area contributed by atoms with Gasteiger partial charge in [0.25, 0.3) is 0 Å². The maximum absolute atomic E-state index is 9.18. The number of aliphatic hydroxyl groups is 1. The smallest absolute Gasteiger partial charge is 0.117 e. The van der Waals surface area contributed by atoms with Crippen LogP contribution in [0.4, 0.5) is 0 Å². The second-order valence-corrected chi connectivity index (χ2v) is 4.04. The van der Waals surface area contributed by atoms with Crippen molar-refractivity contribution in [2.75, 3.05) is 0 Å². The third-order valence-electron chi connectivity index (χ3n) is 2.51. The molecular formula is C12H16N4O. The van der Waals surface area contributed by atoms with Crippen LogP contribution in [0.3, 0.4) is 0 Å². The Hall–Kier alpha value is -1.72. The largest absolute Gasteiger partial charge is 0.379 e. The van der Waals surface area contributed by atoms with E-state index >= 15 is 0 Å². The highest BCUT2D eigenvalue weighted by Gasteiger charge is 2.10. The summed E-state index contributed by atoms with van der Waals surface area (Å²) in [4.78, 5) is 0. The van der Waals surface area contributed by atoms with Gasteiger partial charge in [-0.25, -0.2) is 0 Å². The second-order valence-electron chi connectivity index (χ2n) is 4.04. The summed E-state index contributed by atoms with van der Waals surface area (Å²) in [5.41, 5.74) is 3.85. The Morgan fingerprint density at radius 3 is 2.65 bits per heavy atom. The molecule has 0 saturated heterocycles. The molecule has 0 aliphatic heterocycles. The van der Waals surface area contributed by atoms with Gasteiger partial charge >= 0.3 is 0 Å². The fourth-order valence-corrected chi connectivity index (χ4v) is 1.56. The zero-order chi connectivity index (χ0) is 12.3. The lowest BCUT2D eigenvalue weighted by Crippen LogP contribution is -2.25. The molecule has 2 rings (SSSR count). The minimum Gasteiger partial charge on any atom is -0.379 e. The molecule has 1 aromatic carbocycles. The van der Waals surface area contributed by atoms with Gasteiger partial charge in [0, 0.05) is 12.1 Å². The third kappa shape index (κ3) is 2.89. The number of benzene rings is 1. The van der Waals surface area contributed by atoms with E-state index in [1.54, 1.807) is 6.92 Å². The van der Waals surface area contributed by atoms with Crippen LogP contribution < -0.4 is 5.32 Å². The Morgan fingerprint density at radius 2 is 2.00 bits per heavy atom. The zero-order valence-electron chi connectivity index (χ0n) is 9.94. The average Bonchev–Trinajstić information content (AvgIpc) is 2.75. The number of nitrogens with zero attached hydrogens (tertiary/aromatic N) is 2. The SMILES string of the molecule is Cc1ccc(-c2n[nH]nc2CNC(C)O)cc1. The van der Waals surface area contributed by atoms with Crippen LogP contribution in [0.2, 0.25) is 0 Å². The molecule has 0 radical (unpaired) electrons. The summed E-state index contributed by atoms with van der Waals surface area (Å²) in [5.74, 6) is 0. The standard InChI is InChI=1S/C12H16N4O/c1-8-3-5-10(6-4-8)12-11(14-16-15-12)7-13-9(2)17/h3-6,9,13,17H,7H2,1-2H3,(H,14,15,16). The van der Waals surface area contributed by atoms with Crippen LogP contribution >= 0.6 is 0 Å². The van der Waals surface area contributed by atoms with E-state index in [0.29, 0.717) is 6.54 Å². The van der Waals surface area contributed by atoms with Crippen molar-refractivity contribution in [2.45, 2.75) is 26.6 Å². The molecular weight excluding hydrogens is 216 g/mol. The topological polar surface area (TPSA) is 73.8 Å². The van der Waals surface area contributed by atoms with E-state index in [2.05, 4.69) is 20.7 Å². The van der Waals surface area contributed by atoms with E-state index < -0.39 is 6.23 Å². The molecule has 0 fully saturated rings. The minimum atomic E-state index is -0.558. The minimum absolute atomic E-state index is 0.484. The zero-order valence-corrected chi connectivity index (χ0v) is 9.94. The first-order valence-electron chi connectivity index (χ1n) is 5.55. The van der Waals surface area contributed by atoms with Crippen LogP contribution in [0.1, 0.15) is 18.2 Å². The molecule has 0 saturated carbocycles. The van der Waals surface area contributed by atoms with Crippen LogP contribution in [0.15, 0.2) is 24.3 Å². The Labute approximate surface area is 99.9 Å². The lowest BCUT2D eigenvalue weighted by Gasteiger charge is -2.06. The van der Waals surface area contributed by atoms with E-state index in [4.69, 9.17) is 0 Å². The fraction of sp³-hybridized carbons (Fsp3) is 0.333. The third-order valence-corrected chi connectivity index (χ3v) is 2.51. The first kappa shape index (κ1) is 11.8. The lowest BCUT2D eigenvalue weighted by atomic mass is 10.1. The van der Waals surface area contributed by atoms with Crippen molar-refractivity contribution in [1.29, 1.82) is 0 Å². The van der Waals surface area contributed by atoms with Crippen LogP contribution in [0.5, 0.6) is 0 Å². The molecule has 90 valence electrons. The highest BCUT2D eigenvalue weighted by Crippen LogP contribution is 2.19. The van der Waals surface area contributed by atoms with Crippen LogP contribution in [-0.2, 0) is 6.54 Å². The molecule has 0 bridgehead atoms. The molecule has 5 nitrogen and oxygen atoms in total. The van der Waals surface area contributed by atoms with Crippen molar-refractivity contribution < 1.29 is 5.11 Å². The van der Waals surface area contributed by atoms with Gasteiger partial charge in [-0.05, 0) is 13.8 Å². The summed E-state index contributed by atoms with van der Waals surface area (Å²) in [5, 5.41) is 22.9. The van der Waals surface area contributed by atoms with E-state index in [9.17, 15) is 5.11 Å². The van der Waals surface area contributed by atoms with Gasteiger partial charge in [-0.1, -0.05) is 29.8 Å². The molecule has 5 heteroatoms. The second kappa shape index (κ2) is 5.07. The monoisotopic (exact) mass is 232 g/mol. The summed E-state index contributed by atoms with van der Waals surface area (Å²) in [7, 11) is 0. The number of aromatic amines is 1. The van der Waals surface area contributed by atoms with Gasteiger partial charge in [0.05, 0.1) is 0 Å². The molecule has 0 aliphatic rings. The first-order chi connectivity index (χ1) is 8.16. The van der Waals surface area contributed by atoms with Crippen molar-refractivity contribution in [3.05, 3.63) is 35.5 Å². The van der Waals surface area contributed by atoms with Gasteiger partial charge in [-0.3, -0.25) is 5.32 Å². The van der Waals surface area contributed by atoms with Gasteiger partial charge < -0.3 is 5.11 Å². The fourth-order valence-electron chi connectivity index (χ4n) is 1.56. The van der Waals surface area contributed by atoms with E-state index in [0.717, 1.165) is 17.0 Å². The number of hydrogen-bond donors (Lipinski definition) is 3. The Balaban J connectivity index is 2.21. The Kier molecular flexibility index (Phi) is 3.51. The molecule has 2 aromatic rings. The van der Waals surface area contributed by atoms with Crippen molar-refractivity contribution in [2.24, 2.45) is 0 Å². The normalized spacial score (nSPS) is 12.6. The van der Waals surface area contributed by atoms with E-state index in [1.165, 1.54) is 5.56 Å². The summed E-state index contributed by atoms with van der Waals surface area (Å²) < 4.78 is 0. The highest BCUT2D eigenvalue weighted by molar-refractivity contribution is 5.61. The maximum atomic E-state index is 9.18.